The first-order valence-corrected chi connectivity index (χ1v) is 3.89. The van der Waals surface area contributed by atoms with E-state index in [4.69, 9.17) is 0 Å². The highest BCUT2D eigenvalue weighted by Gasteiger charge is 2.23. The van der Waals surface area contributed by atoms with Crippen molar-refractivity contribution in [2.75, 3.05) is 0 Å². The van der Waals surface area contributed by atoms with E-state index in [9.17, 15) is 9.59 Å². The van der Waals surface area contributed by atoms with Crippen LogP contribution in [0.3, 0.4) is 0 Å². The van der Waals surface area contributed by atoms with Crippen molar-refractivity contribution >= 4 is 11.7 Å². The lowest BCUT2D eigenvalue weighted by Crippen LogP contribution is -2.24. The van der Waals surface area contributed by atoms with E-state index in [1.54, 1.807) is 0 Å². The molecule has 0 bridgehead atoms. The van der Waals surface area contributed by atoms with Gasteiger partial charge in [0.15, 0.2) is 6.04 Å². The fraction of sp³-hybridized carbons (Fsp3) is 0.714. The number of nitrogens with zero attached hydrogens (tertiary/aromatic N) is 2. The van der Waals surface area contributed by atoms with Crippen LogP contribution in [-0.2, 0) is 9.59 Å². The maximum atomic E-state index is 10.7. The van der Waals surface area contributed by atoms with Crippen LogP contribution in [0.1, 0.15) is 27.2 Å². The highest BCUT2D eigenvalue weighted by molar-refractivity contribution is 5.88. The number of amides is 1. The first-order chi connectivity index (χ1) is 5.70. The van der Waals surface area contributed by atoms with Gasteiger partial charge in [0.25, 0.3) is 5.91 Å². The van der Waals surface area contributed by atoms with E-state index in [2.05, 4.69) is 15.8 Å². The molecule has 0 aromatic carbocycles. The van der Waals surface area contributed by atoms with Gasteiger partial charge in [-0.25, -0.2) is 5.43 Å². The van der Waals surface area contributed by atoms with Crippen LogP contribution in [0.15, 0.2) is 10.3 Å². The third kappa shape index (κ3) is 3.23. The summed E-state index contributed by atoms with van der Waals surface area (Å²) in [5.74, 6) is -0.351. The molecule has 0 aliphatic carbocycles. The van der Waals surface area contributed by atoms with Gasteiger partial charge in [0.1, 0.15) is 5.78 Å². The van der Waals surface area contributed by atoms with Gasteiger partial charge in [-0.05, 0) is 6.92 Å². The molecule has 1 aliphatic rings. The summed E-state index contributed by atoms with van der Waals surface area (Å²) in [4.78, 5) is 21.1. The van der Waals surface area contributed by atoms with Crippen LogP contribution in [0.25, 0.3) is 0 Å². The second-order valence-electron chi connectivity index (χ2n) is 2.11. The Balaban J connectivity index is 0.000000561. The molecular weight excluding hydrogens is 158 g/mol. The second kappa shape index (κ2) is 5.40. The zero-order valence-corrected chi connectivity index (χ0v) is 7.50. The van der Waals surface area contributed by atoms with Gasteiger partial charge >= 0.3 is 0 Å². The van der Waals surface area contributed by atoms with Crippen molar-refractivity contribution in [2.24, 2.45) is 10.3 Å². The molecule has 68 valence electrons. The molecule has 0 saturated carbocycles. The van der Waals surface area contributed by atoms with Crippen molar-refractivity contribution in [1.82, 2.24) is 5.43 Å². The molecular formula is C7H13N3O2. The smallest absolute Gasteiger partial charge is 0.268 e. The second-order valence-corrected chi connectivity index (χ2v) is 2.11. The molecule has 5 nitrogen and oxygen atoms in total. The quantitative estimate of drug-likeness (QED) is 0.669. The molecule has 1 heterocycles. The molecule has 1 rings (SSSR count). The number of nitrogens with one attached hydrogen (secondary N) is 1. The lowest BCUT2D eigenvalue weighted by Gasteiger charge is -1.96. The van der Waals surface area contributed by atoms with E-state index in [0.29, 0.717) is 0 Å². The number of Topliss-reactive ketones (excluding diaryl/α,β-unsaturated/α-hetero) is 1. The van der Waals surface area contributed by atoms with Crippen LogP contribution in [0, 0.1) is 0 Å². The van der Waals surface area contributed by atoms with Crippen LogP contribution in [0.2, 0.25) is 0 Å². The zero-order chi connectivity index (χ0) is 9.56. The van der Waals surface area contributed by atoms with E-state index >= 15 is 0 Å². The van der Waals surface area contributed by atoms with Crippen molar-refractivity contribution < 1.29 is 9.59 Å². The van der Waals surface area contributed by atoms with Crippen molar-refractivity contribution in [3.63, 3.8) is 0 Å². The minimum atomic E-state index is -0.586. The van der Waals surface area contributed by atoms with Crippen LogP contribution in [0.5, 0.6) is 0 Å². The van der Waals surface area contributed by atoms with Gasteiger partial charge in [0.05, 0.1) is 0 Å². The SMILES string of the molecule is CC.CC(=O)CC1N=NNC1=O. The lowest BCUT2D eigenvalue weighted by molar-refractivity contribution is -0.124. The molecule has 0 spiro atoms. The Bertz CT molecular complexity index is 201. The molecule has 12 heavy (non-hydrogen) atoms. The first kappa shape index (κ1) is 10.7. The molecule has 0 aromatic rings. The summed E-state index contributed by atoms with van der Waals surface area (Å²) in [5.41, 5.74) is 2.14. The maximum absolute atomic E-state index is 10.7. The first-order valence-electron chi connectivity index (χ1n) is 3.89. The summed E-state index contributed by atoms with van der Waals surface area (Å²) >= 11 is 0. The molecule has 1 amide bonds. The predicted molar refractivity (Wildman–Crippen MR) is 43.4 cm³/mol. The minimum Gasteiger partial charge on any atom is -0.300 e. The van der Waals surface area contributed by atoms with Crippen molar-refractivity contribution in [3.8, 4) is 0 Å². The molecule has 1 aliphatic heterocycles. The molecule has 0 radical (unpaired) electrons. The van der Waals surface area contributed by atoms with Gasteiger partial charge in [-0.1, -0.05) is 19.1 Å². The van der Waals surface area contributed by atoms with Gasteiger partial charge in [0.2, 0.25) is 0 Å². The molecule has 1 N–H and O–H groups in total. The Labute approximate surface area is 71.2 Å². The summed E-state index contributed by atoms with van der Waals surface area (Å²) in [7, 11) is 0. The number of hydrogen-bond donors (Lipinski definition) is 1. The predicted octanol–water partition coefficient (Wildman–Crippen LogP) is 0.857. The van der Waals surface area contributed by atoms with Crippen LogP contribution >= 0.6 is 0 Å². The Morgan fingerprint density at radius 1 is 1.58 bits per heavy atom. The van der Waals surface area contributed by atoms with E-state index in [1.165, 1.54) is 6.92 Å². The molecule has 1 unspecified atom stereocenters. The molecule has 1 atom stereocenters. The fourth-order valence-electron chi connectivity index (χ4n) is 0.681. The number of hydrogen-bond acceptors (Lipinski definition) is 4. The highest BCUT2D eigenvalue weighted by Crippen LogP contribution is 2.04. The van der Waals surface area contributed by atoms with Crippen molar-refractivity contribution in [3.05, 3.63) is 0 Å². The molecule has 0 aromatic heterocycles. The van der Waals surface area contributed by atoms with E-state index in [-0.39, 0.29) is 18.1 Å². The number of carbonyl (C=O) groups excluding carboxylic acids is 2. The summed E-state index contributed by atoms with van der Waals surface area (Å²) in [6.07, 6.45) is 0.148. The number of ketones is 1. The highest BCUT2D eigenvalue weighted by atomic mass is 16.2. The number of carbonyl (C=O) groups is 2. The molecule has 0 saturated heterocycles. The lowest BCUT2D eigenvalue weighted by atomic mass is 10.1. The molecule has 0 fully saturated rings. The third-order valence-corrected chi connectivity index (χ3v) is 1.14. The minimum absolute atomic E-state index is 0.0546. The summed E-state index contributed by atoms with van der Waals surface area (Å²) in [6, 6.07) is -0.586. The summed E-state index contributed by atoms with van der Waals surface area (Å²) < 4.78 is 0. The average Bonchev–Trinajstić information content (AvgIpc) is 2.40. The van der Waals surface area contributed by atoms with Crippen LogP contribution < -0.4 is 5.43 Å². The summed E-state index contributed by atoms with van der Waals surface area (Å²) in [5, 5.41) is 6.77. The van der Waals surface area contributed by atoms with Crippen LogP contribution in [0.4, 0.5) is 0 Å². The van der Waals surface area contributed by atoms with Gasteiger partial charge in [-0.3, -0.25) is 9.59 Å². The Hall–Kier alpha value is -1.26. The average molecular weight is 171 g/mol. The maximum Gasteiger partial charge on any atom is 0.268 e. The van der Waals surface area contributed by atoms with Gasteiger partial charge in [-0.2, -0.15) is 5.11 Å². The Kier molecular flexibility index (Phi) is 4.83. The van der Waals surface area contributed by atoms with Crippen molar-refractivity contribution in [2.45, 2.75) is 33.2 Å². The van der Waals surface area contributed by atoms with Gasteiger partial charge < -0.3 is 0 Å². The molecule has 5 heteroatoms. The third-order valence-electron chi connectivity index (χ3n) is 1.14. The normalized spacial score (nSPS) is 19.6. The monoisotopic (exact) mass is 171 g/mol. The topological polar surface area (TPSA) is 70.9 Å². The van der Waals surface area contributed by atoms with Crippen molar-refractivity contribution in [1.29, 1.82) is 0 Å². The largest absolute Gasteiger partial charge is 0.300 e. The fourth-order valence-corrected chi connectivity index (χ4v) is 0.681. The van der Waals surface area contributed by atoms with Gasteiger partial charge in [-0.15, -0.1) is 0 Å². The van der Waals surface area contributed by atoms with E-state index < -0.39 is 6.04 Å². The number of rotatable bonds is 2. The summed E-state index contributed by atoms with van der Waals surface area (Å²) in [6.45, 7) is 5.42. The Morgan fingerprint density at radius 2 is 2.17 bits per heavy atom. The Morgan fingerprint density at radius 3 is 2.50 bits per heavy atom. The van der Waals surface area contributed by atoms with Crippen LogP contribution in [-0.4, -0.2) is 17.7 Å². The van der Waals surface area contributed by atoms with Gasteiger partial charge in [0, 0.05) is 6.42 Å². The van der Waals surface area contributed by atoms with E-state index in [0.717, 1.165) is 0 Å². The zero-order valence-electron chi connectivity index (χ0n) is 7.50. The van der Waals surface area contributed by atoms with E-state index in [1.807, 2.05) is 13.8 Å². The standard InChI is InChI=1S/C5H7N3O2.C2H6/c1-3(9)2-4-5(10)7-8-6-4;1-2/h4H,2H2,1H3,(H,6,7,10);1-2H3.